The van der Waals surface area contributed by atoms with Crippen molar-refractivity contribution < 1.29 is 9.59 Å². The molecular weight excluding hydrogens is 434 g/mol. The number of urea groups is 1. The molecule has 3 heterocycles. The molecule has 1 aliphatic rings. The number of rotatable bonds is 4. The lowest BCUT2D eigenvalue weighted by atomic mass is 10.2. The second-order valence-electron chi connectivity index (χ2n) is 7.22. The van der Waals surface area contributed by atoms with Gasteiger partial charge in [-0.15, -0.1) is 11.3 Å². The Labute approximate surface area is 189 Å². The highest BCUT2D eigenvalue weighted by Crippen LogP contribution is 2.23. The minimum atomic E-state index is -0.183. The molecule has 1 saturated heterocycles. The summed E-state index contributed by atoms with van der Waals surface area (Å²) in [6.07, 6.45) is 4.47. The molecule has 0 unspecified atom stereocenters. The van der Waals surface area contributed by atoms with Crippen molar-refractivity contribution in [2.75, 3.05) is 31.5 Å². The summed E-state index contributed by atoms with van der Waals surface area (Å²) in [6.45, 7) is 2.20. The molecule has 0 aliphatic carbocycles. The van der Waals surface area contributed by atoms with Crippen molar-refractivity contribution in [3.8, 4) is 10.6 Å². The van der Waals surface area contributed by atoms with E-state index in [0.29, 0.717) is 36.9 Å². The maximum atomic E-state index is 12.8. The summed E-state index contributed by atoms with van der Waals surface area (Å²) in [4.78, 5) is 37.7. The van der Waals surface area contributed by atoms with Gasteiger partial charge >= 0.3 is 6.03 Å². The summed E-state index contributed by atoms with van der Waals surface area (Å²) in [5, 5.41) is 6.21. The third-order valence-electron chi connectivity index (χ3n) is 5.00. The summed E-state index contributed by atoms with van der Waals surface area (Å²) in [5.74, 6) is 0.0279. The van der Waals surface area contributed by atoms with Crippen LogP contribution in [-0.4, -0.2) is 57.9 Å². The Bertz CT molecular complexity index is 1060. The van der Waals surface area contributed by atoms with Gasteiger partial charge in [0.05, 0.1) is 12.1 Å². The van der Waals surface area contributed by atoms with E-state index in [2.05, 4.69) is 15.3 Å². The first-order valence-electron chi connectivity index (χ1n) is 10.0. The molecular formula is C22H22ClN5O2S. The normalized spacial score (nSPS) is 14.2. The molecule has 1 N–H and O–H groups in total. The van der Waals surface area contributed by atoms with Gasteiger partial charge < -0.3 is 15.1 Å². The lowest BCUT2D eigenvalue weighted by molar-refractivity contribution is -0.130. The maximum absolute atomic E-state index is 12.8. The van der Waals surface area contributed by atoms with Gasteiger partial charge in [-0.2, -0.15) is 0 Å². The zero-order valence-corrected chi connectivity index (χ0v) is 18.4. The molecule has 160 valence electrons. The van der Waals surface area contributed by atoms with Crippen LogP contribution in [-0.2, 0) is 11.2 Å². The highest BCUT2D eigenvalue weighted by atomic mass is 35.5. The van der Waals surface area contributed by atoms with Crippen molar-refractivity contribution in [2.45, 2.75) is 12.8 Å². The zero-order valence-electron chi connectivity index (χ0n) is 16.8. The minimum absolute atomic E-state index is 0.0279. The quantitative estimate of drug-likeness (QED) is 0.640. The van der Waals surface area contributed by atoms with Gasteiger partial charge in [0.15, 0.2) is 0 Å². The fraction of sp³-hybridized carbons (Fsp3) is 0.273. The van der Waals surface area contributed by atoms with Gasteiger partial charge in [-0.05, 0) is 36.8 Å². The Morgan fingerprint density at radius 2 is 1.94 bits per heavy atom. The van der Waals surface area contributed by atoms with Crippen molar-refractivity contribution in [3.05, 3.63) is 64.9 Å². The molecule has 0 bridgehead atoms. The van der Waals surface area contributed by atoms with E-state index in [-0.39, 0.29) is 18.4 Å². The van der Waals surface area contributed by atoms with Crippen molar-refractivity contribution in [2.24, 2.45) is 0 Å². The van der Waals surface area contributed by atoms with Crippen molar-refractivity contribution in [1.29, 1.82) is 0 Å². The zero-order chi connectivity index (χ0) is 21.6. The molecule has 0 spiro atoms. The fourth-order valence-electron chi connectivity index (χ4n) is 3.42. The van der Waals surface area contributed by atoms with E-state index in [1.54, 1.807) is 41.6 Å². The first kappa shape index (κ1) is 21.3. The highest BCUT2D eigenvalue weighted by Gasteiger charge is 2.23. The van der Waals surface area contributed by atoms with Crippen molar-refractivity contribution in [3.63, 3.8) is 0 Å². The van der Waals surface area contributed by atoms with Crippen LogP contribution in [0.3, 0.4) is 0 Å². The van der Waals surface area contributed by atoms with Crippen LogP contribution in [0, 0.1) is 0 Å². The molecule has 0 radical (unpaired) electrons. The summed E-state index contributed by atoms with van der Waals surface area (Å²) in [6, 6.07) is 10.7. The number of hydrogen-bond donors (Lipinski definition) is 1. The molecule has 31 heavy (non-hydrogen) atoms. The Morgan fingerprint density at radius 1 is 1.10 bits per heavy atom. The molecule has 2 aromatic heterocycles. The van der Waals surface area contributed by atoms with E-state index in [4.69, 9.17) is 11.6 Å². The molecule has 3 aromatic rings. The fourth-order valence-corrected chi connectivity index (χ4v) is 4.42. The lowest BCUT2D eigenvalue weighted by Gasteiger charge is -2.22. The Kier molecular flexibility index (Phi) is 6.79. The SMILES string of the molecule is O=C(Cc1csc(-c2cccnc2)n1)N1CCCN(C(=O)Nc2cccc(Cl)c2)CC1. The second-order valence-corrected chi connectivity index (χ2v) is 8.52. The van der Waals surface area contributed by atoms with E-state index in [1.165, 1.54) is 11.3 Å². The average Bonchev–Trinajstić information content (AvgIpc) is 3.08. The number of hydrogen-bond acceptors (Lipinski definition) is 5. The van der Waals surface area contributed by atoms with Gasteiger partial charge in [-0.1, -0.05) is 17.7 Å². The van der Waals surface area contributed by atoms with E-state index in [9.17, 15) is 9.59 Å². The van der Waals surface area contributed by atoms with Gasteiger partial charge in [0.25, 0.3) is 0 Å². The van der Waals surface area contributed by atoms with Gasteiger partial charge in [-0.3, -0.25) is 9.78 Å². The Balaban J connectivity index is 1.31. The Morgan fingerprint density at radius 3 is 2.74 bits per heavy atom. The van der Waals surface area contributed by atoms with Gasteiger partial charge in [0.1, 0.15) is 5.01 Å². The first-order chi connectivity index (χ1) is 15.1. The van der Waals surface area contributed by atoms with Crippen LogP contribution in [0.15, 0.2) is 54.2 Å². The van der Waals surface area contributed by atoms with E-state index >= 15 is 0 Å². The predicted octanol–water partition coefficient (Wildman–Crippen LogP) is 4.17. The molecule has 1 fully saturated rings. The summed E-state index contributed by atoms with van der Waals surface area (Å²) < 4.78 is 0. The minimum Gasteiger partial charge on any atom is -0.341 e. The van der Waals surface area contributed by atoms with Gasteiger partial charge in [0.2, 0.25) is 5.91 Å². The van der Waals surface area contributed by atoms with Crippen LogP contribution in [0.5, 0.6) is 0 Å². The predicted molar refractivity (Wildman–Crippen MR) is 122 cm³/mol. The molecule has 1 aliphatic heterocycles. The number of halogens is 1. The van der Waals surface area contributed by atoms with Crippen LogP contribution in [0.1, 0.15) is 12.1 Å². The molecule has 0 saturated carbocycles. The Hall–Kier alpha value is -2.97. The number of pyridine rings is 1. The average molecular weight is 456 g/mol. The summed E-state index contributed by atoms with van der Waals surface area (Å²) >= 11 is 7.49. The van der Waals surface area contributed by atoms with Crippen molar-refractivity contribution >= 4 is 40.6 Å². The number of aromatic nitrogens is 2. The monoisotopic (exact) mass is 455 g/mol. The summed E-state index contributed by atoms with van der Waals surface area (Å²) in [5.41, 5.74) is 2.36. The molecule has 9 heteroatoms. The number of anilines is 1. The number of thiazole rings is 1. The van der Waals surface area contributed by atoms with Crippen LogP contribution in [0.25, 0.3) is 10.6 Å². The highest BCUT2D eigenvalue weighted by molar-refractivity contribution is 7.13. The molecule has 3 amide bonds. The lowest BCUT2D eigenvalue weighted by Crippen LogP contribution is -2.39. The number of benzene rings is 1. The maximum Gasteiger partial charge on any atom is 0.321 e. The van der Waals surface area contributed by atoms with Crippen LogP contribution >= 0.6 is 22.9 Å². The summed E-state index contributed by atoms with van der Waals surface area (Å²) in [7, 11) is 0. The molecule has 0 atom stereocenters. The molecule has 4 rings (SSSR count). The topological polar surface area (TPSA) is 78.4 Å². The van der Waals surface area contributed by atoms with Crippen LogP contribution in [0.2, 0.25) is 5.02 Å². The van der Waals surface area contributed by atoms with E-state index < -0.39 is 0 Å². The van der Waals surface area contributed by atoms with E-state index in [1.807, 2.05) is 22.4 Å². The van der Waals surface area contributed by atoms with E-state index in [0.717, 1.165) is 22.7 Å². The number of nitrogens with zero attached hydrogens (tertiary/aromatic N) is 4. The number of amides is 3. The smallest absolute Gasteiger partial charge is 0.321 e. The number of carbonyl (C=O) groups is 2. The second kappa shape index (κ2) is 9.89. The number of carbonyl (C=O) groups excluding carboxylic acids is 2. The standard InChI is InChI=1S/C22H22ClN5O2S/c23-17-5-1-6-18(12-17)26-22(30)28-9-3-8-27(10-11-28)20(29)13-19-15-31-21(25-19)16-4-2-7-24-14-16/h1-2,4-7,12,14-15H,3,8-11,13H2,(H,26,30). The largest absolute Gasteiger partial charge is 0.341 e. The van der Waals surface area contributed by atoms with Crippen LogP contribution in [0.4, 0.5) is 10.5 Å². The van der Waals surface area contributed by atoms with Crippen LogP contribution < -0.4 is 5.32 Å². The third-order valence-corrected chi connectivity index (χ3v) is 6.18. The first-order valence-corrected chi connectivity index (χ1v) is 11.3. The molecule has 7 nitrogen and oxygen atoms in total. The van der Waals surface area contributed by atoms with Gasteiger partial charge in [0, 0.05) is 60.2 Å². The third kappa shape index (κ3) is 5.59. The molecule has 1 aromatic carbocycles. The van der Waals surface area contributed by atoms with Gasteiger partial charge in [-0.25, -0.2) is 9.78 Å². The number of nitrogens with one attached hydrogen (secondary N) is 1. The van der Waals surface area contributed by atoms with Crippen molar-refractivity contribution in [1.82, 2.24) is 19.8 Å².